The van der Waals surface area contributed by atoms with Gasteiger partial charge in [-0.3, -0.25) is 4.79 Å². The molecule has 0 aliphatic carbocycles. The van der Waals surface area contributed by atoms with Gasteiger partial charge in [0.25, 0.3) is 0 Å². The quantitative estimate of drug-likeness (QED) is 0.830. The van der Waals surface area contributed by atoms with Crippen molar-refractivity contribution in [1.82, 2.24) is 9.62 Å². The van der Waals surface area contributed by atoms with Crippen LogP contribution < -0.4 is 5.32 Å². The molecule has 0 bridgehead atoms. The third-order valence-corrected chi connectivity index (χ3v) is 7.10. The summed E-state index contributed by atoms with van der Waals surface area (Å²) < 4.78 is 40.1. The van der Waals surface area contributed by atoms with E-state index in [1.54, 1.807) is 0 Å². The maximum atomic E-state index is 13.1. The number of piperidine rings is 1. The fraction of sp³-hybridized carbons (Fsp3) is 0.381. The van der Waals surface area contributed by atoms with Gasteiger partial charge in [0.15, 0.2) is 0 Å². The van der Waals surface area contributed by atoms with E-state index < -0.39 is 21.8 Å². The molecule has 150 valence electrons. The second kappa shape index (κ2) is 8.41. The van der Waals surface area contributed by atoms with Crippen LogP contribution in [0.5, 0.6) is 0 Å². The van der Waals surface area contributed by atoms with Crippen LogP contribution in [-0.2, 0) is 14.8 Å². The lowest BCUT2D eigenvalue weighted by Crippen LogP contribution is -2.45. The molecule has 1 aliphatic heterocycles. The third-order valence-electron chi connectivity index (χ3n) is 5.22. The van der Waals surface area contributed by atoms with Crippen LogP contribution in [0.4, 0.5) is 4.39 Å². The Morgan fingerprint density at radius 3 is 2.54 bits per heavy atom. The van der Waals surface area contributed by atoms with Crippen molar-refractivity contribution < 1.29 is 17.6 Å². The first-order valence-electron chi connectivity index (χ1n) is 9.40. The summed E-state index contributed by atoms with van der Waals surface area (Å²) in [7, 11) is -3.75. The van der Waals surface area contributed by atoms with Gasteiger partial charge >= 0.3 is 0 Å². The molecule has 1 N–H and O–H groups in total. The van der Waals surface area contributed by atoms with E-state index in [4.69, 9.17) is 0 Å². The van der Waals surface area contributed by atoms with Crippen molar-refractivity contribution >= 4 is 15.9 Å². The standard InChI is InChI=1S/C21H25FN2O3S/c1-15-6-3-4-8-20(15)16(2)23-21(25)17-7-5-13-24(14-17)28(26,27)19-11-9-18(22)10-12-19/h3-4,6,8-12,16-17H,5,7,13-14H2,1-2H3,(H,23,25)/t16-,17+/m0/s1. The molecule has 28 heavy (non-hydrogen) atoms. The van der Waals surface area contributed by atoms with Crippen LogP contribution in [0.2, 0.25) is 0 Å². The molecule has 0 aromatic heterocycles. The van der Waals surface area contributed by atoms with Crippen molar-refractivity contribution in [3.05, 3.63) is 65.5 Å². The number of amides is 1. The Labute approximate surface area is 165 Å². The summed E-state index contributed by atoms with van der Waals surface area (Å²) in [6, 6.07) is 12.5. The number of benzene rings is 2. The van der Waals surface area contributed by atoms with Gasteiger partial charge < -0.3 is 5.32 Å². The minimum Gasteiger partial charge on any atom is -0.349 e. The fourth-order valence-electron chi connectivity index (χ4n) is 3.61. The van der Waals surface area contributed by atoms with Crippen LogP contribution in [0.25, 0.3) is 0 Å². The fourth-order valence-corrected chi connectivity index (χ4v) is 5.14. The first-order valence-corrected chi connectivity index (χ1v) is 10.8. The van der Waals surface area contributed by atoms with Crippen molar-refractivity contribution in [1.29, 1.82) is 0 Å². The minimum atomic E-state index is -3.75. The Kier molecular flexibility index (Phi) is 6.15. The van der Waals surface area contributed by atoms with E-state index >= 15 is 0 Å². The molecule has 0 spiro atoms. The Morgan fingerprint density at radius 1 is 1.18 bits per heavy atom. The van der Waals surface area contributed by atoms with Gasteiger partial charge in [0.2, 0.25) is 15.9 Å². The van der Waals surface area contributed by atoms with Crippen molar-refractivity contribution in [3.63, 3.8) is 0 Å². The van der Waals surface area contributed by atoms with Crippen molar-refractivity contribution in [2.75, 3.05) is 13.1 Å². The number of aryl methyl sites for hydroxylation is 1. The Hall–Kier alpha value is -2.25. The molecule has 0 radical (unpaired) electrons. The number of halogens is 1. The second-order valence-corrected chi connectivity index (χ2v) is 9.18. The van der Waals surface area contributed by atoms with Crippen LogP contribution >= 0.6 is 0 Å². The highest BCUT2D eigenvalue weighted by Crippen LogP contribution is 2.25. The second-order valence-electron chi connectivity index (χ2n) is 7.24. The number of nitrogens with one attached hydrogen (secondary N) is 1. The molecular formula is C21H25FN2O3S. The number of nitrogens with zero attached hydrogens (tertiary/aromatic N) is 1. The predicted octanol–water partition coefficient (Wildman–Crippen LogP) is 3.41. The molecule has 2 atom stereocenters. The largest absolute Gasteiger partial charge is 0.349 e. The molecule has 0 saturated carbocycles. The summed E-state index contributed by atoms with van der Waals surface area (Å²) in [4.78, 5) is 12.8. The highest BCUT2D eigenvalue weighted by molar-refractivity contribution is 7.89. The summed E-state index contributed by atoms with van der Waals surface area (Å²) in [5.41, 5.74) is 2.14. The molecule has 5 nitrogen and oxygen atoms in total. The Balaban J connectivity index is 1.69. The third kappa shape index (κ3) is 4.42. The molecule has 0 unspecified atom stereocenters. The Bertz CT molecular complexity index is 944. The number of rotatable bonds is 5. The van der Waals surface area contributed by atoms with Gasteiger partial charge in [-0.1, -0.05) is 24.3 Å². The lowest BCUT2D eigenvalue weighted by Gasteiger charge is -2.32. The van der Waals surface area contributed by atoms with E-state index in [0.717, 1.165) is 23.3 Å². The number of carbonyl (C=O) groups excluding carboxylic acids is 1. The average Bonchev–Trinajstić information content (AvgIpc) is 2.68. The van der Waals surface area contributed by atoms with E-state index in [-0.39, 0.29) is 23.4 Å². The van der Waals surface area contributed by atoms with E-state index in [2.05, 4.69) is 5.32 Å². The van der Waals surface area contributed by atoms with Gasteiger partial charge in [0.1, 0.15) is 5.82 Å². The smallest absolute Gasteiger partial charge is 0.243 e. The van der Waals surface area contributed by atoms with Gasteiger partial charge in [-0.05, 0) is 62.1 Å². The molecule has 1 saturated heterocycles. The van der Waals surface area contributed by atoms with Crippen LogP contribution in [0.15, 0.2) is 53.4 Å². The number of carbonyl (C=O) groups is 1. The maximum Gasteiger partial charge on any atom is 0.243 e. The van der Waals surface area contributed by atoms with Gasteiger partial charge in [-0.2, -0.15) is 4.31 Å². The summed E-state index contributed by atoms with van der Waals surface area (Å²) in [6.45, 7) is 4.41. The highest BCUT2D eigenvalue weighted by Gasteiger charge is 2.33. The van der Waals surface area contributed by atoms with Crippen LogP contribution in [-0.4, -0.2) is 31.7 Å². The normalized spacial score (nSPS) is 19.2. The van der Waals surface area contributed by atoms with Crippen LogP contribution in [0.3, 0.4) is 0 Å². The topological polar surface area (TPSA) is 66.5 Å². The molecule has 1 fully saturated rings. The highest BCUT2D eigenvalue weighted by atomic mass is 32.2. The molecule has 7 heteroatoms. The monoisotopic (exact) mass is 404 g/mol. The van der Waals surface area contributed by atoms with Gasteiger partial charge in [0, 0.05) is 13.1 Å². The SMILES string of the molecule is Cc1ccccc1[C@H](C)NC(=O)[C@@H]1CCCN(S(=O)(=O)c2ccc(F)cc2)C1. The lowest BCUT2D eigenvalue weighted by atomic mass is 9.97. The number of hydrogen-bond acceptors (Lipinski definition) is 3. The molecule has 1 aliphatic rings. The zero-order valence-corrected chi connectivity index (χ0v) is 16.9. The van der Waals surface area contributed by atoms with Crippen molar-refractivity contribution in [3.8, 4) is 0 Å². The van der Waals surface area contributed by atoms with Crippen LogP contribution in [0, 0.1) is 18.7 Å². The Morgan fingerprint density at radius 2 is 1.86 bits per heavy atom. The molecular weight excluding hydrogens is 379 g/mol. The van der Waals surface area contributed by atoms with E-state index in [1.807, 2.05) is 38.1 Å². The van der Waals surface area contributed by atoms with Gasteiger partial charge in [-0.15, -0.1) is 0 Å². The summed E-state index contributed by atoms with van der Waals surface area (Å²) in [5.74, 6) is -1.04. The first-order chi connectivity index (χ1) is 13.3. The first kappa shape index (κ1) is 20.5. The molecule has 1 heterocycles. The molecule has 1 amide bonds. The summed E-state index contributed by atoms with van der Waals surface area (Å²) >= 11 is 0. The molecule has 2 aromatic rings. The zero-order chi connectivity index (χ0) is 20.3. The van der Waals surface area contributed by atoms with Gasteiger partial charge in [-0.25, -0.2) is 12.8 Å². The predicted molar refractivity (Wildman–Crippen MR) is 106 cm³/mol. The average molecular weight is 405 g/mol. The van der Waals surface area contributed by atoms with E-state index in [0.29, 0.717) is 19.4 Å². The molecule has 3 rings (SSSR count). The molecule has 2 aromatic carbocycles. The van der Waals surface area contributed by atoms with E-state index in [1.165, 1.54) is 16.4 Å². The lowest BCUT2D eigenvalue weighted by molar-refractivity contribution is -0.126. The van der Waals surface area contributed by atoms with Crippen molar-refractivity contribution in [2.45, 2.75) is 37.6 Å². The minimum absolute atomic E-state index is 0.0447. The van der Waals surface area contributed by atoms with Gasteiger partial charge in [0.05, 0.1) is 16.9 Å². The summed E-state index contributed by atoms with van der Waals surface area (Å²) in [5, 5.41) is 3.02. The van der Waals surface area contributed by atoms with Crippen molar-refractivity contribution in [2.24, 2.45) is 5.92 Å². The number of hydrogen-bond donors (Lipinski definition) is 1. The maximum absolute atomic E-state index is 13.1. The zero-order valence-electron chi connectivity index (χ0n) is 16.1. The summed E-state index contributed by atoms with van der Waals surface area (Å²) in [6.07, 6.45) is 1.25. The van der Waals surface area contributed by atoms with Crippen LogP contribution in [0.1, 0.15) is 36.9 Å². The number of sulfonamides is 1. The van der Waals surface area contributed by atoms with E-state index in [9.17, 15) is 17.6 Å².